The van der Waals surface area contributed by atoms with Gasteiger partial charge < -0.3 is 15.0 Å². The van der Waals surface area contributed by atoms with Crippen molar-refractivity contribution in [3.05, 3.63) is 64.1 Å². The fourth-order valence-corrected chi connectivity index (χ4v) is 6.00. The molecule has 2 aromatic rings. The van der Waals surface area contributed by atoms with Crippen LogP contribution in [0.4, 0.5) is 4.39 Å². The van der Waals surface area contributed by atoms with E-state index in [-0.39, 0.29) is 54.5 Å². The van der Waals surface area contributed by atoms with Gasteiger partial charge in [0.1, 0.15) is 12.4 Å². The summed E-state index contributed by atoms with van der Waals surface area (Å²) >= 11 is 0. The number of nitrogens with zero attached hydrogens (tertiary/aromatic N) is 2. The van der Waals surface area contributed by atoms with Crippen LogP contribution >= 0.6 is 24.8 Å². The number of aliphatic hydroxyl groups excluding tert-OH is 1. The molecule has 0 radical (unpaired) electrons. The molecule has 1 fully saturated rings. The third-order valence-electron chi connectivity index (χ3n) is 6.44. The second-order valence-electron chi connectivity index (χ2n) is 8.68. The Kier molecular flexibility index (Phi) is 9.27. The number of hydroxylamine groups is 3. The molecule has 0 saturated carbocycles. The second kappa shape index (κ2) is 10.9. The van der Waals surface area contributed by atoms with E-state index in [4.69, 9.17) is 0 Å². The highest BCUT2D eigenvalue weighted by Crippen LogP contribution is 2.39. The van der Waals surface area contributed by atoms with Crippen molar-refractivity contribution in [3.8, 4) is 0 Å². The van der Waals surface area contributed by atoms with Crippen LogP contribution in [0.3, 0.4) is 0 Å². The molecular weight excluding hydrogens is 474 g/mol. The zero-order chi connectivity index (χ0) is 21.5. The van der Waals surface area contributed by atoms with Crippen LogP contribution < -0.4 is 0 Å². The number of aliphatic hydroxyl groups is 1. The first kappa shape index (κ1) is 27.2. The average Bonchev–Trinajstić information content (AvgIpc) is 2.83. The number of quaternary nitrogens is 1. The van der Waals surface area contributed by atoms with E-state index in [1.54, 1.807) is 6.07 Å². The van der Waals surface area contributed by atoms with Gasteiger partial charge in [0.05, 0.1) is 30.5 Å². The molecule has 9 heteroatoms. The van der Waals surface area contributed by atoms with E-state index in [0.717, 1.165) is 16.0 Å². The molecule has 4 rings (SSSR count). The average molecular weight is 505 g/mol. The number of hydrogen-bond donors (Lipinski definition) is 1. The van der Waals surface area contributed by atoms with Gasteiger partial charge in [-0.1, -0.05) is 32.0 Å². The highest BCUT2D eigenvalue weighted by Gasteiger charge is 2.35. The van der Waals surface area contributed by atoms with Gasteiger partial charge in [-0.15, -0.1) is 24.8 Å². The van der Waals surface area contributed by atoms with E-state index in [0.29, 0.717) is 43.4 Å². The van der Waals surface area contributed by atoms with Crippen LogP contribution in [-0.4, -0.2) is 58.2 Å². The third kappa shape index (κ3) is 5.36. The van der Waals surface area contributed by atoms with Crippen molar-refractivity contribution < 1.29 is 18.4 Å². The zero-order valence-electron chi connectivity index (χ0n) is 18.3. The van der Waals surface area contributed by atoms with Crippen LogP contribution in [0.1, 0.15) is 42.5 Å². The summed E-state index contributed by atoms with van der Waals surface area (Å²) in [5, 5.41) is 22.0. The lowest BCUT2D eigenvalue weighted by Gasteiger charge is -2.49. The van der Waals surface area contributed by atoms with Gasteiger partial charge in [0.15, 0.2) is 0 Å². The molecule has 5 nitrogen and oxygen atoms in total. The molecule has 2 aliphatic heterocycles. The number of halogens is 3. The van der Waals surface area contributed by atoms with Gasteiger partial charge in [-0.25, -0.2) is 8.60 Å². The Hall–Kier alpha value is -1.06. The molecule has 32 heavy (non-hydrogen) atoms. The molecule has 0 aromatic heterocycles. The van der Waals surface area contributed by atoms with E-state index >= 15 is 0 Å². The maximum absolute atomic E-state index is 14.0. The van der Waals surface area contributed by atoms with Gasteiger partial charge in [0.2, 0.25) is 0 Å². The second-order valence-corrected chi connectivity index (χ2v) is 10.1. The molecule has 0 amide bonds. The number of rotatable bonds is 4. The summed E-state index contributed by atoms with van der Waals surface area (Å²) in [6.45, 7) is 6.46. The fraction of sp³-hybridized carbons (Fsp3) is 0.478. The number of piperazine rings is 1. The number of benzene rings is 2. The minimum atomic E-state index is -1.45. The predicted molar refractivity (Wildman–Crippen MR) is 129 cm³/mol. The van der Waals surface area contributed by atoms with Crippen LogP contribution in [0.25, 0.3) is 0 Å². The van der Waals surface area contributed by atoms with Gasteiger partial charge in [0.25, 0.3) is 0 Å². The van der Waals surface area contributed by atoms with E-state index in [9.17, 15) is 18.9 Å². The predicted octanol–water partition coefficient (Wildman–Crippen LogP) is 4.18. The van der Waals surface area contributed by atoms with Crippen LogP contribution in [-0.2, 0) is 17.2 Å². The van der Waals surface area contributed by atoms with Crippen molar-refractivity contribution >= 4 is 35.6 Å². The monoisotopic (exact) mass is 504 g/mol. The Morgan fingerprint density at radius 1 is 1.16 bits per heavy atom. The molecule has 0 spiro atoms. The summed E-state index contributed by atoms with van der Waals surface area (Å²) in [5.41, 5.74) is 3.09. The first-order chi connectivity index (χ1) is 14.3. The van der Waals surface area contributed by atoms with Gasteiger partial charge in [-0.3, -0.25) is 4.90 Å². The Morgan fingerprint density at radius 3 is 2.47 bits per heavy atom. The van der Waals surface area contributed by atoms with Gasteiger partial charge >= 0.3 is 0 Å². The standard InChI is InChI=1S/C23H29FN2O3S.2ClH/c1-16(2)17-4-6-22-20(13-17)21(25-7-9-26(28,10-8-25)11-12-27)14-18-3-5-19(24)15-23(18)30(22)29;;/h3-6,13,15-16,21,27H,7-12,14H2,1-2H3;2*1H. The first-order valence-electron chi connectivity index (χ1n) is 10.6. The van der Waals surface area contributed by atoms with Gasteiger partial charge in [0, 0.05) is 28.9 Å². The summed E-state index contributed by atoms with van der Waals surface area (Å²) in [6, 6.07) is 10.6. The molecule has 2 atom stereocenters. The lowest BCUT2D eigenvalue weighted by molar-refractivity contribution is -0.885. The lowest BCUT2D eigenvalue weighted by Crippen LogP contribution is -2.57. The lowest BCUT2D eigenvalue weighted by atomic mass is 9.93. The van der Waals surface area contributed by atoms with Gasteiger partial charge in [-0.05, 0) is 47.2 Å². The summed E-state index contributed by atoms with van der Waals surface area (Å²) < 4.78 is 27.0. The minimum Gasteiger partial charge on any atom is -0.633 e. The van der Waals surface area contributed by atoms with Crippen molar-refractivity contribution in [2.24, 2.45) is 0 Å². The van der Waals surface area contributed by atoms with E-state index < -0.39 is 10.8 Å². The summed E-state index contributed by atoms with van der Waals surface area (Å²) in [5.74, 6) is -0.0411. The van der Waals surface area contributed by atoms with Gasteiger partial charge in [-0.2, -0.15) is 0 Å². The van der Waals surface area contributed by atoms with E-state index in [2.05, 4.69) is 24.8 Å². The van der Waals surface area contributed by atoms with Crippen molar-refractivity contribution in [1.29, 1.82) is 0 Å². The Balaban J connectivity index is 0.00000181. The molecule has 2 heterocycles. The quantitative estimate of drug-likeness (QED) is 0.501. The molecule has 2 aromatic carbocycles. The summed E-state index contributed by atoms with van der Waals surface area (Å²) in [4.78, 5) is 3.57. The van der Waals surface area contributed by atoms with Crippen LogP contribution in [0.15, 0.2) is 46.2 Å². The summed E-state index contributed by atoms with van der Waals surface area (Å²) in [7, 11) is -1.45. The molecule has 2 unspecified atom stereocenters. The normalized spacial score (nSPS) is 22.2. The highest BCUT2D eigenvalue weighted by atomic mass is 35.5. The molecule has 1 N–H and O–H groups in total. The van der Waals surface area contributed by atoms with Crippen LogP contribution in [0.2, 0.25) is 0 Å². The Labute approximate surface area is 204 Å². The van der Waals surface area contributed by atoms with Crippen molar-refractivity contribution in [2.45, 2.75) is 42.0 Å². The molecule has 0 bridgehead atoms. The zero-order valence-corrected chi connectivity index (χ0v) is 20.8. The molecular formula is C23H31Cl2FN2O3S. The van der Waals surface area contributed by atoms with E-state index in [1.165, 1.54) is 17.7 Å². The van der Waals surface area contributed by atoms with Crippen molar-refractivity contribution in [1.82, 2.24) is 4.90 Å². The third-order valence-corrected chi connectivity index (χ3v) is 7.99. The maximum atomic E-state index is 14.0. The molecule has 2 aliphatic rings. The molecule has 0 aliphatic carbocycles. The maximum Gasteiger partial charge on any atom is 0.124 e. The largest absolute Gasteiger partial charge is 0.633 e. The fourth-order valence-electron chi connectivity index (χ4n) is 4.55. The minimum absolute atomic E-state index is 0. The topological polar surface area (TPSA) is 63.6 Å². The number of fused-ring (bicyclic) bond motifs is 2. The Morgan fingerprint density at radius 2 is 1.84 bits per heavy atom. The highest BCUT2D eigenvalue weighted by molar-refractivity contribution is 7.85. The van der Waals surface area contributed by atoms with Crippen LogP contribution in [0, 0.1) is 11.0 Å². The Bertz CT molecular complexity index is 968. The summed E-state index contributed by atoms with van der Waals surface area (Å²) in [6.07, 6.45) is 0.634. The smallest absolute Gasteiger partial charge is 0.124 e. The van der Waals surface area contributed by atoms with Crippen molar-refractivity contribution in [2.75, 3.05) is 39.3 Å². The van der Waals surface area contributed by atoms with E-state index in [1.807, 2.05) is 12.1 Å². The molecule has 178 valence electrons. The SMILES string of the molecule is CC(C)c1ccc2c(c1)C(N1CC[N+]([O-])(CCO)CC1)Cc1ccc(F)cc1S2=O.Cl.Cl. The first-order valence-corrected chi connectivity index (χ1v) is 11.7. The van der Waals surface area contributed by atoms with Crippen LogP contribution in [0.5, 0.6) is 0 Å². The molecule has 1 saturated heterocycles. The van der Waals surface area contributed by atoms with Crippen molar-refractivity contribution in [3.63, 3.8) is 0 Å². The number of hydrogen-bond acceptors (Lipinski definition) is 4.